The van der Waals surface area contributed by atoms with E-state index in [-0.39, 0.29) is 10.3 Å². The molecule has 0 fully saturated rings. The van der Waals surface area contributed by atoms with Gasteiger partial charge in [0.25, 0.3) is 5.56 Å². The number of hydrogen-bond acceptors (Lipinski definition) is 3. The summed E-state index contributed by atoms with van der Waals surface area (Å²) >= 11 is 1.48. The highest BCUT2D eigenvalue weighted by molar-refractivity contribution is 7.99. The van der Waals surface area contributed by atoms with Crippen molar-refractivity contribution >= 4 is 23.2 Å². The van der Waals surface area contributed by atoms with E-state index in [1.165, 1.54) is 28.6 Å². The summed E-state index contributed by atoms with van der Waals surface area (Å²) < 4.78 is 19.1. The summed E-state index contributed by atoms with van der Waals surface area (Å²) in [5.74, 6) is -0.426. The zero-order chi connectivity index (χ0) is 15.8. The van der Waals surface area contributed by atoms with Gasteiger partial charge in [-0.1, -0.05) is 0 Å². The van der Waals surface area contributed by atoms with Gasteiger partial charge >= 0.3 is 0 Å². The van der Waals surface area contributed by atoms with Gasteiger partial charge in [-0.2, -0.15) is 0 Å². The van der Waals surface area contributed by atoms with Crippen molar-refractivity contribution < 1.29 is 4.39 Å². The van der Waals surface area contributed by atoms with E-state index >= 15 is 0 Å². The van der Waals surface area contributed by atoms with E-state index in [0.29, 0.717) is 11.1 Å². The van der Waals surface area contributed by atoms with Crippen LogP contribution in [0, 0.1) is 12.7 Å². The van der Waals surface area contributed by atoms with Crippen LogP contribution < -0.4 is 5.56 Å². The first kappa shape index (κ1) is 15.8. The highest BCUT2D eigenvalue weighted by Crippen LogP contribution is 2.25. The Morgan fingerprint density at radius 1 is 1.33 bits per heavy atom. The maximum atomic E-state index is 13.3. The first-order chi connectivity index (χ1) is 9.69. The molecule has 2 rings (SSSR count). The van der Waals surface area contributed by atoms with Gasteiger partial charge in [0.2, 0.25) is 0 Å². The minimum absolute atomic E-state index is 0.0180. The van der Waals surface area contributed by atoms with Gasteiger partial charge in [-0.3, -0.25) is 9.20 Å². The Kier molecular flexibility index (Phi) is 4.23. The lowest BCUT2D eigenvalue weighted by atomic mass is 10.1. The summed E-state index contributed by atoms with van der Waals surface area (Å²) in [4.78, 5) is 12.3. The third kappa shape index (κ3) is 3.53. The minimum atomic E-state index is -0.426. The van der Waals surface area contributed by atoms with Crippen LogP contribution in [0.5, 0.6) is 0 Å². The second-order valence-corrected chi connectivity index (χ2v) is 7.60. The van der Waals surface area contributed by atoms with Crippen molar-refractivity contribution in [1.82, 2.24) is 4.40 Å². The highest BCUT2D eigenvalue weighted by atomic mass is 32.2. The van der Waals surface area contributed by atoms with Crippen LogP contribution in [0.1, 0.15) is 38.8 Å². The molecular formula is C16H19FN2OS. The molecule has 112 valence electrons. The van der Waals surface area contributed by atoms with Crippen LogP contribution in [0.25, 0.3) is 5.52 Å². The minimum Gasteiger partial charge on any atom is -0.281 e. The summed E-state index contributed by atoms with van der Waals surface area (Å²) in [6, 6.07) is 4.83. The lowest BCUT2D eigenvalue weighted by Crippen LogP contribution is -2.20. The molecule has 5 heteroatoms. The molecule has 0 amide bonds. The summed E-state index contributed by atoms with van der Waals surface area (Å²) in [5, 5.41) is 0. The largest absolute Gasteiger partial charge is 0.281 e. The SMILES string of the molecule is C/C(=N\SC(C)(C)C)c1cc2ccc(F)cn2c(=O)c1C. The van der Waals surface area contributed by atoms with Crippen LogP contribution in [0.4, 0.5) is 4.39 Å². The molecule has 0 aliphatic carbocycles. The van der Waals surface area contributed by atoms with Crippen LogP contribution in [0.15, 0.2) is 33.6 Å². The molecule has 0 radical (unpaired) electrons. The Balaban J connectivity index is 2.58. The number of rotatable bonds is 2. The molecule has 0 bridgehead atoms. The second kappa shape index (κ2) is 5.64. The normalized spacial score (nSPS) is 13.0. The fourth-order valence-electron chi connectivity index (χ4n) is 1.96. The fourth-order valence-corrected chi connectivity index (χ4v) is 2.47. The lowest BCUT2D eigenvalue weighted by Gasteiger charge is -2.14. The average molecular weight is 306 g/mol. The van der Waals surface area contributed by atoms with E-state index < -0.39 is 5.82 Å². The van der Waals surface area contributed by atoms with Crippen LogP contribution >= 0.6 is 11.9 Å². The number of pyridine rings is 2. The predicted octanol–water partition coefficient (Wildman–Crippen LogP) is 4.00. The maximum absolute atomic E-state index is 13.3. The van der Waals surface area contributed by atoms with Gasteiger partial charge in [-0.25, -0.2) is 8.79 Å². The van der Waals surface area contributed by atoms with Crippen LogP contribution in [-0.2, 0) is 0 Å². The van der Waals surface area contributed by atoms with E-state index in [9.17, 15) is 9.18 Å². The zero-order valence-electron chi connectivity index (χ0n) is 12.9. The smallest absolute Gasteiger partial charge is 0.258 e. The van der Waals surface area contributed by atoms with Crippen molar-refractivity contribution in [2.24, 2.45) is 4.40 Å². The number of fused-ring (bicyclic) bond motifs is 1. The molecule has 0 aromatic carbocycles. The van der Waals surface area contributed by atoms with E-state index in [2.05, 4.69) is 25.2 Å². The van der Waals surface area contributed by atoms with Crippen molar-refractivity contribution in [1.29, 1.82) is 0 Å². The van der Waals surface area contributed by atoms with Crippen LogP contribution in [0.3, 0.4) is 0 Å². The number of nitrogens with zero attached hydrogens (tertiary/aromatic N) is 2. The van der Waals surface area contributed by atoms with Gasteiger partial charge in [0.15, 0.2) is 0 Å². The Hall–Kier alpha value is -1.62. The quantitative estimate of drug-likeness (QED) is 0.620. The number of halogens is 1. The van der Waals surface area contributed by atoms with E-state index in [1.807, 2.05) is 13.0 Å². The Bertz CT molecular complexity index is 772. The third-order valence-corrected chi connectivity index (χ3v) is 3.94. The summed E-state index contributed by atoms with van der Waals surface area (Å²) in [6.07, 6.45) is 1.21. The molecule has 0 aliphatic rings. The fraction of sp³-hybridized carbons (Fsp3) is 0.375. The van der Waals surface area contributed by atoms with Crippen molar-refractivity contribution in [3.05, 3.63) is 51.7 Å². The van der Waals surface area contributed by atoms with E-state index in [0.717, 1.165) is 11.3 Å². The Labute approximate surface area is 128 Å². The van der Waals surface area contributed by atoms with E-state index in [1.54, 1.807) is 13.0 Å². The summed E-state index contributed by atoms with van der Waals surface area (Å²) in [6.45, 7) is 9.88. The van der Waals surface area contributed by atoms with Crippen molar-refractivity contribution in [2.75, 3.05) is 0 Å². The standard InChI is InChI=1S/C16H19FN2OS/c1-10-14(11(2)18-21-16(3,4)5)8-13-7-6-12(17)9-19(13)15(10)20/h6-9H,1-5H3/b18-11+. The van der Waals surface area contributed by atoms with Gasteiger partial charge in [0, 0.05) is 27.6 Å². The van der Waals surface area contributed by atoms with Gasteiger partial charge < -0.3 is 0 Å². The topological polar surface area (TPSA) is 33.8 Å². The molecule has 2 heterocycles. The lowest BCUT2D eigenvalue weighted by molar-refractivity contribution is 0.618. The van der Waals surface area contributed by atoms with Crippen molar-refractivity contribution in [3.8, 4) is 0 Å². The van der Waals surface area contributed by atoms with Crippen LogP contribution in [-0.4, -0.2) is 14.9 Å². The molecule has 0 spiro atoms. The summed E-state index contributed by atoms with van der Waals surface area (Å²) in [5.41, 5.74) is 2.64. The molecule has 0 aliphatic heterocycles. The molecule has 0 unspecified atom stereocenters. The van der Waals surface area contributed by atoms with Crippen LogP contribution in [0.2, 0.25) is 0 Å². The first-order valence-electron chi connectivity index (χ1n) is 6.74. The second-order valence-electron chi connectivity index (χ2n) is 6.01. The molecule has 0 atom stereocenters. The summed E-state index contributed by atoms with van der Waals surface area (Å²) in [7, 11) is 0. The monoisotopic (exact) mass is 306 g/mol. The molecule has 0 saturated heterocycles. The maximum Gasteiger partial charge on any atom is 0.258 e. The number of hydrogen-bond donors (Lipinski definition) is 0. The Morgan fingerprint density at radius 3 is 2.62 bits per heavy atom. The molecule has 21 heavy (non-hydrogen) atoms. The molecular weight excluding hydrogens is 287 g/mol. The Morgan fingerprint density at radius 2 is 2.00 bits per heavy atom. The molecule has 0 saturated carbocycles. The highest BCUT2D eigenvalue weighted by Gasteiger charge is 2.13. The average Bonchev–Trinajstić information content (AvgIpc) is 2.40. The zero-order valence-corrected chi connectivity index (χ0v) is 13.7. The molecule has 2 aromatic rings. The first-order valence-corrected chi connectivity index (χ1v) is 7.51. The number of aromatic nitrogens is 1. The van der Waals surface area contributed by atoms with E-state index in [4.69, 9.17) is 0 Å². The molecule has 2 aromatic heterocycles. The predicted molar refractivity (Wildman–Crippen MR) is 87.9 cm³/mol. The third-order valence-electron chi connectivity index (χ3n) is 3.03. The van der Waals surface area contributed by atoms with Gasteiger partial charge in [-0.05, 0) is 64.8 Å². The van der Waals surface area contributed by atoms with Crippen molar-refractivity contribution in [2.45, 2.75) is 39.4 Å². The van der Waals surface area contributed by atoms with Gasteiger partial charge in [0.1, 0.15) is 5.82 Å². The molecule has 3 nitrogen and oxygen atoms in total. The molecule has 0 N–H and O–H groups in total. The van der Waals surface area contributed by atoms with Gasteiger partial charge in [0.05, 0.1) is 5.71 Å². The van der Waals surface area contributed by atoms with Gasteiger partial charge in [-0.15, -0.1) is 0 Å². The van der Waals surface area contributed by atoms with Crippen molar-refractivity contribution in [3.63, 3.8) is 0 Å².